The average molecular weight is 271 g/mol. The van der Waals surface area contributed by atoms with Gasteiger partial charge in [0.1, 0.15) is 12.4 Å². The molecule has 1 heterocycles. The van der Waals surface area contributed by atoms with Crippen LogP contribution in [-0.2, 0) is 17.9 Å². The Morgan fingerprint density at radius 1 is 1.40 bits per heavy atom. The number of nitrogens with zero attached hydrogens (tertiary/aromatic N) is 2. The van der Waals surface area contributed by atoms with Gasteiger partial charge in [-0.1, -0.05) is 43.7 Å². The second-order valence-corrected chi connectivity index (χ2v) is 5.33. The fraction of sp³-hybridized carbons (Fsp3) is 0.375. The Bertz CT molecular complexity index is 587. The molecule has 2 aromatic rings. The Kier molecular flexibility index (Phi) is 4.56. The molecular formula is C16H21N3O. The summed E-state index contributed by atoms with van der Waals surface area (Å²) in [5.41, 5.74) is 2.32. The molecule has 20 heavy (non-hydrogen) atoms. The van der Waals surface area contributed by atoms with E-state index in [0.717, 1.165) is 11.4 Å². The standard InChI is InChI=1S/C16H21N3O/c1-12(2)16-17-7-8-19(16)11-15(20)18-10-14-6-4-5-13(3)9-14/h4-9,12H,10-11H2,1-3H3,(H,18,20). The van der Waals surface area contributed by atoms with Crippen molar-refractivity contribution >= 4 is 5.91 Å². The van der Waals surface area contributed by atoms with Gasteiger partial charge in [0.25, 0.3) is 0 Å². The topological polar surface area (TPSA) is 46.9 Å². The molecule has 1 amide bonds. The maximum Gasteiger partial charge on any atom is 0.240 e. The first-order valence-electron chi connectivity index (χ1n) is 6.89. The first-order valence-corrected chi connectivity index (χ1v) is 6.89. The third-order valence-corrected chi connectivity index (χ3v) is 3.15. The van der Waals surface area contributed by atoms with Crippen molar-refractivity contribution in [1.29, 1.82) is 0 Å². The molecule has 4 heteroatoms. The highest BCUT2D eigenvalue weighted by atomic mass is 16.1. The highest BCUT2D eigenvalue weighted by molar-refractivity contribution is 5.75. The van der Waals surface area contributed by atoms with Crippen LogP contribution in [-0.4, -0.2) is 15.5 Å². The van der Waals surface area contributed by atoms with E-state index in [4.69, 9.17) is 0 Å². The van der Waals surface area contributed by atoms with E-state index in [1.165, 1.54) is 5.56 Å². The Labute approximate surface area is 119 Å². The summed E-state index contributed by atoms with van der Waals surface area (Å²) in [5.74, 6) is 1.26. The first-order chi connectivity index (χ1) is 9.56. The number of nitrogens with one attached hydrogen (secondary N) is 1. The van der Waals surface area contributed by atoms with Crippen molar-refractivity contribution in [2.45, 2.75) is 39.8 Å². The molecular weight excluding hydrogens is 250 g/mol. The van der Waals surface area contributed by atoms with Crippen molar-refractivity contribution in [2.24, 2.45) is 0 Å². The number of carbonyl (C=O) groups excluding carboxylic acids is 1. The van der Waals surface area contributed by atoms with Gasteiger partial charge in [0.15, 0.2) is 0 Å². The van der Waals surface area contributed by atoms with E-state index < -0.39 is 0 Å². The monoisotopic (exact) mass is 271 g/mol. The van der Waals surface area contributed by atoms with Gasteiger partial charge >= 0.3 is 0 Å². The van der Waals surface area contributed by atoms with Crippen LogP contribution in [0.15, 0.2) is 36.7 Å². The number of rotatable bonds is 5. The van der Waals surface area contributed by atoms with Gasteiger partial charge < -0.3 is 9.88 Å². The maximum absolute atomic E-state index is 12.0. The SMILES string of the molecule is Cc1cccc(CNC(=O)Cn2ccnc2C(C)C)c1. The van der Waals surface area contributed by atoms with E-state index >= 15 is 0 Å². The summed E-state index contributed by atoms with van der Waals surface area (Å²) in [6.45, 7) is 7.07. The Morgan fingerprint density at radius 3 is 2.90 bits per heavy atom. The summed E-state index contributed by atoms with van der Waals surface area (Å²) < 4.78 is 1.90. The molecule has 1 aromatic heterocycles. The number of benzene rings is 1. The fourth-order valence-electron chi connectivity index (χ4n) is 2.19. The van der Waals surface area contributed by atoms with Crippen LogP contribution in [0.4, 0.5) is 0 Å². The summed E-state index contributed by atoms with van der Waals surface area (Å²) in [4.78, 5) is 16.3. The summed E-state index contributed by atoms with van der Waals surface area (Å²) in [6.07, 6.45) is 3.59. The third-order valence-electron chi connectivity index (χ3n) is 3.15. The molecule has 0 aliphatic rings. The van der Waals surface area contributed by atoms with Gasteiger partial charge in [-0.25, -0.2) is 4.98 Å². The molecule has 0 radical (unpaired) electrons. The number of hydrogen-bond acceptors (Lipinski definition) is 2. The minimum Gasteiger partial charge on any atom is -0.350 e. The number of imidazole rings is 1. The molecule has 0 atom stereocenters. The first kappa shape index (κ1) is 14.3. The van der Waals surface area contributed by atoms with Crippen LogP contribution < -0.4 is 5.32 Å². The summed E-state index contributed by atoms with van der Waals surface area (Å²) in [7, 11) is 0. The zero-order valence-corrected chi connectivity index (χ0v) is 12.3. The highest BCUT2D eigenvalue weighted by Gasteiger charge is 2.10. The van der Waals surface area contributed by atoms with Crippen LogP contribution in [0.3, 0.4) is 0 Å². The Hall–Kier alpha value is -2.10. The second-order valence-electron chi connectivity index (χ2n) is 5.33. The van der Waals surface area contributed by atoms with Crippen molar-refractivity contribution in [3.05, 3.63) is 53.6 Å². The minimum absolute atomic E-state index is 0.00593. The number of aromatic nitrogens is 2. The van der Waals surface area contributed by atoms with Crippen LogP contribution in [0, 0.1) is 6.92 Å². The van der Waals surface area contributed by atoms with Gasteiger partial charge in [-0.15, -0.1) is 0 Å². The maximum atomic E-state index is 12.0. The van der Waals surface area contributed by atoms with Gasteiger partial charge in [-0.3, -0.25) is 4.79 Å². The predicted octanol–water partition coefficient (Wildman–Crippen LogP) is 2.63. The molecule has 4 nitrogen and oxygen atoms in total. The van der Waals surface area contributed by atoms with E-state index in [1.54, 1.807) is 6.20 Å². The summed E-state index contributed by atoms with van der Waals surface area (Å²) >= 11 is 0. The average Bonchev–Trinajstić information content (AvgIpc) is 2.85. The van der Waals surface area contributed by atoms with Gasteiger partial charge in [0.05, 0.1) is 0 Å². The highest BCUT2D eigenvalue weighted by Crippen LogP contribution is 2.11. The smallest absolute Gasteiger partial charge is 0.240 e. The molecule has 0 fully saturated rings. The van der Waals surface area contributed by atoms with E-state index in [1.807, 2.05) is 35.9 Å². The van der Waals surface area contributed by atoms with Crippen molar-refractivity contribution in [3.8, 4) is 0 Å². The summed E-state index contributed by atoms with van der Waals surface area (Å²) in [6, 6.07) is 8.15. The minimum atomic E-state index is 0.00593. The zero-order valence-electron chi connectivity index (χ0n) is 12.3. The van der Waals surface area contributed by atoms with Crippen molar-refractivity contribution in [2.75, 3.05) is 0 Å². The molecule has 0 spiro atoms. The van der Waals surface area contributed by atoms with Crippen LogP contribution >= 0.6 is 0 Å². The summed E-state index contributed by atoms with van der Waals surface area (Å²) in [5, 5.41) is 2.94. The lowest BCUT2D eigenvalue weighted by atomic mass is 10.1. The Morgan fingerprint density at radius 2 is 2.20 bits per heavy atom. The second kappa shape index (κ2) is 6.37. The van der Waals surface area contributed by atoms with E-state index in [-0.39, 0.29) is 5.91 Å². The molecule has 106 valence electrons. The van der Waals surface area contributed by atoms with Gasteiger partial charge in [-0.05, 0) is 12.5 Å². The van der Waals surface area contributed by atoms with Crippen molar-refractivity contribution in [1.82, 2.24) is 14.9 Å². The molecule has 0 bridgehead atoms. The molecule has 0 aliphatic heterocycles. The van der Waals surface area contributed by atoms with Crippen LogP contribution in [0.5, 0.6) is 0 Å². The molecule has 0 saturated carbocycles. The molecule has 0 unspecified atom stereocenters. The fourth-order valence-corrected chi connectivity index (χ4v) is 2.19. The van der Waals surface area contributed by atoms with Gasteiger partial charge in [0.2, 0.25) is 5.91 Å². The molecule has 2 rings (SSSR count). The Balaban J connectivity index is 1.91. The van der Waals surface area contributed by atoms with Gasteiger partial charge in [0, 0.05) is 24.9 Å². The van der Waals surface area contributed by atoms with Crippen LogP contribution in [0.25, 0.3) is 0 Å². The van der Waals surface area contributed by atoms with Crippen molar-refractivity contribution in [3.63, 3.8) is 0 Å². The molecule has 1 aromatic carbocycles. The normalized spacial score (nSPS) is 10.8. The molecule has 1 N–H and O–H groups in total. The number of amides is 1. The number of aryl methyl sites for hydroxylation is 1. The molecule has 0 aliphatic carbocycles. The lowest BCUT2D eigenvalue weighted by Gasteiger charge is -2.11. The number of carbonyl (C=O) groups is 1. The van der Waals surface area contributed by atoms with Gasteiger partial charge in [-0.2, -0.15) is 0 Å². The van der Waals surface area contributed by atoms with E-state index in [9.17, 15) is 4.79 Å². The third kappa shape index (κ3) is 3.70. The van der Waals surface area contributed by atoms with E-state index in [0.29, 0.717) is 19.0 Å². The van der Waals surface area contributed by atoms with Crippen LogP contribution in [0.2, 0.25) is 0 Å². The molecule has 0 saturated heterocycles. The predicted molar refractivity (Wildman–Crippen MR) is 79.3 cm³/mol. The zero-order chi connectivity index (χ0) is 14.5. The quantitative estimate of drug-likeness (QED) is 0.908. The lowest BCUT2D eigenvalue weighted by Crippen LogP contribution is -2.27. The number of hydrogen-bond donors (Lipinski definition) is 1. The largest absolute Gasteiger partial charge is 0.350 e. The van der Waals surface area contributed by atoms with E-state index in [2.05, 4.69) is 30.2 Å². The van der Waals surface area contributed by atoms with Crippen molar-refractivity contribution < 1.29 is 4.79 Å². The van der Waals surface area contributed by atoms with Crippen LogP contribution in [0.1, 0.15) is 36.7 Å². The lowest BCUT2D eigenvalue weighted by molar-refractivity contribution is -0.121.